The van der Waals surface area contributed by atoms with Crippen molar-refractivity contribution in [1.29, 1.82) is 0 Å². The molecule has 2 heterocycles. The summed E-state index contributed by atoms with van der Waals surface area (Å²) in [6.07, 6.45) is 1.64. The number of rotatable bonds is 6. The average molecular weight is 443 g/mol. The van der Waals surface area contributed by atoms with Crippen LogP contribution in [0.25, 0.3) is 10.6 Å². The first-order valence-electron chi connectivity index (χ1n) is 9.87. The van der Waals surface area contributed by atoms with Crippen molar-refractivity contribution in [2.24, 2.45) is 5.92 Å². The molecule has 30 heavy (non-hydrogen) atoms. The molecule has 6 nitrogen and oxygen atoms in total. The highest BCUT2D eigenvalue weighted by atomic mass is 35.5. The van der Waals surface area contributed by atoms with Gasteiger partial charge in [-0.2, -0.15) is 0 Å². The van der Waals surface area contributed by atoms with Crippen molar-refractivity contribution < 1.29 is 9.53 Å². The van der Waals surface area contributed by atoms with Gasteiger partial charge in [-0.3, -0.25) is 9.69 Å². The molecule has 1 N–H and O–H groups in total. The van der Waals surface area contributed by atoms with Gasteiger partial charge in [0.05, 0.1) is 7.11 Å². The number of methoxy groups -OCH3 is 1. The highest BCUT2D eigenvalue weighted by Crippen LogP contribution is 2.29. The minimum Gasteiger partial charge on any atom is -0.497 e. The molecule has 1 fully saturated rings. The van der Waals surface area contributed by atoms with Crippen LogP contribution in [0.4, 0.5) is 5.13 Å². The van der Waals surface area contributed by atoms with Crippen molar-refractivity contribution in [1.82, 2.24) is 15.1 Å². The van der Waals surface area contributed by atoms with Crippen LogP contribution >= 0.6 is 22.9 Å². The first kappa shape index (κ1) is 20.8. The summed E-state index contributed by atoms with van der Waals surface area (Å²) in [5, 5.41) is 13.4. The smallest absolute Gasteiger partial charge is 0.229 e. The summed E-state index contributed by atoms with van der Waals surface area (Å²) in [6, 6.07) is 15.5. The molecule has 8 heteroatoms. The number of benzene rings is 2. The fourth-order valence-electron chi connectivity index (χ4n) is 3.55. The summed E-state index contributed by atoms with van der Waals surface area (Å²) in [5.74, 6) is 0.795. The van der Waals surface area contributed by atoms with Crippen LogP contribution in [0.5, 0.6) is 5.75 Å². The van der Waals surface area contributed by atoms with Crippen LogP contribution < -0.4 is 10.1 Å². The van der Waals surface area contributed by atoms with Crippen LogP contribution in [-0.4, -0.2) is 41.2 Å². The maximum atomic E-state index is 12.7. The van der Waals surface area contributed by atoms with Gasteiger partial charge in [-0.15, -0.1) is 10.2 Å². The summed E-state index contributed by atoms with van der Waals surface area (Å²) in [7, 11) is 1.63. The van der Waals surface area contributed by atoms with Crippen LogP contribution in [0.2, 0.25) is 5.02 Å². The molecule has 1 saturated heterocycles. The lowest BCUT2D eigenvalue weighted by molar-refractivity contribution is -0.121. The van der Waals surface area contributed by atoms with Crippen molar-refractivity contribution in [2.45, 2.75) is 19.4 Å². The van der Waals surface area contributed by atoms with Crippen LogP contribution in [0, 0.1) is 5.92 Å². The third-order valence-corrected chi connectivity index (χ3v) is 6.56. The van der Waals surface area contributed by atoms with E-state index in [9.17, 15) is 4.79 Å². The van der Waals surface area contributed by atoms with E-state index < -0.39 is 0 Å². The van der Waals surface area contributed by atoms with Crippen LogP contribution in [0.15, 0.2) is 48.5 Å². The van der Waals surface area contributed by atoms with Gasteiger partial charge in [0.1, 0.15) is 10.8 Å². The number of nitrogens with one attached hydrogen (secondary N) is 1. The van der Waals surface area contributed by atoms with Gasteiger partial charge >= 0.3 is 0 Å². The van der Waals surface area contributed by atoms with Crippen molar-refractivity contribution in [3.8, 4) is 16.3 Å². The summed E-state index contributed by atoms with van der Waals surface area (Å²) >= 11 is 7.64. The van der Waals surface area contributed by atoms with Crippen LogP contribution in [0.1, 0.15) is 18.4 Å². The Balaban J connectivity index is 1.30. The predicted octanol–water partition coefficient (Wildman–Crippen LogP) is 4.72. The van der Waals surface area contributed by atoms with E-state index in [0.29, 0.717) is 5.13 Å². The van der Waals surface area contributed by atoms with Gasteiger partial charge in [0.15, 0.2) is 0 Å². The van der Waals surface area contributed by atoms with Gasteiger partial charge in [-0.1, -0.05) is 41.1 Å². The Bertz CT molecular complexity index is 1000. The monoisotopic (exact) mass is 442 g/mol. The van der Waals surface area contributed by atoms with Crippen molar-refractivity contribution in [3.63, 3.8) is 0 Å². The Morgan fingerprint density at radius 2 is 1.90 bits per heavy atom. The number of hydrogen-bond acceptors (Lipinski definition) is 6. The maximum Gasteiger partial charge on any atom is 0.229 e. The molecule has 1 amide bonds. The Hall–Kier alpha value is -2.48. The Morgan fingerprint density at radius 3 is 2.60 bits per heavy atom. The molecular weight excluding hydrogens is 420 g/mol. The van der Waals surface area contributed by atoms with Gasteiger partial charge in [-0.05, 0) is 61.8 Å². The third-order valence-electron chi connectivity index (χ3n) is 5.30. The number of carbonyl (C=O) groups is 1. The van der Waals surface area contributed by atoms with E-state index in [1.807, 2.05) is 42.5 Å². The molecule has 0 spiro atoms. The number of ether oxygens (including phenoxy) is 1. The number of nitrogens with zero attached hydrogens (tertiary/aromatic N) is 3. The van der Waals surface area contributed by atoms with Crippen molar-refractivity contribution in [2.75, 3.05) is 25.5 Å². The van der Waals surface area contributed by atoms with E-state index in [-0.39, 0.29) is 11.8 Å². The molecule has 0 saturated carbocycles. The standard InChI is InChI=1S/C22H23ClN4O2S/c1-29-18-8-6-16(7-9-18)21-25-26-22(30-21)24-20(28)15-10-12-27(13-11-15)14-17-4-2-3-5-19(17)23/h2-9,15H,10-14H2,1H3,(H,24,26,28). The van der Waals surface area contributed by atoms with E-state index in [0.717, 1.165) is 59.4 Å². The first-order valence-corrected chi connectivity index (χ1v) is 11.1. The number of hydrogen-bond donors (Lipinski definition) is 1. The fraction of sp³-hybridized carbons (Fsp3) is 0.318. The number of anilines is 1. The molecule has 0 atom stereocenters. The largest absolute Gasteiger partial charge is 0.497 e. The zero-order valence-electron chi connectivity index (χ0n) is 16.7. The number of aromatic nitrogens is 2. The van der Waals surface area contributed by atoms with Crippen molar-refractivity contribution >= 4 is 34.0 Å². The van der Waals surface area contributed by atoms with E-state index in [4.69, 9.17) is 16.3 Å². The molecule has 3 aromatic rings. The number of amides is 1. The third kappa shape index (κ3) is 4.98. The van der Waals surface area contributed by atoms with E-state index >= 15 is 0 Å². The second-order valence-corrected chi connectivity index (χ2v) is 8.66. The molecule has 4 rings (SSSR count). The number of halogens is 1. The van der Waals surface area contributed by atoms with E-state index in [1.165, 1.54) is 11.3 Å². The highest BCUT2D eigenvalue weighted by Gasteiger charge is 2.26. The summed E-state index contributed by atoms with van der Waals surface area (Å²) < 4.78 is 5.18. The van der Waals surface area contributed by atoms with Gasteiger partial charge in [0.25, 0.3) is 0 Å². The second kappa shape index (κ2) is 9.55. The predicted molar refractivity (Wildman–Crippen MR) is 120 cm³/mol. The quantitative estimate of drug-likeness (QED) is 0.598. The zero-order chi connectivity index (χ0) is 20.9. The maximum absolute atomic E-state index is 12.7. The topological polar surface area (TPSA) is 67.4 Å². The second-order valence-electron chi connectivity index (χ2n) is 7.27. The first-order chi connectivity index (χ1) is 14.6. The summed E-state index contributed by atoms with van der Waals surface area (Å²) in [5.41, 5.74) is 2.07. The molecule has 156 valence electrons. The SMILES string of the molecule is COc1ccc(-c2nnc(NC(=O)C3CCN(Cc4ccccc4Cl)CC3)s2)cc1. The molecule has 1 aliphatic rings. The molecule has 0 radical (unpaired) electrons. The molecule has 0 aliphatic carbocycles. The minimum absolute atomic E-state index is 0.0131. The molecule has 0 unspecified atom stereocenters. The Kier molecular flexibility index (Phi) is 6.62. The lowest BCUT2D eigenvalue weighted by Gasteiger charge is -2.31. The van der Waals surface area contributed by atoms with Crippen molar-refractivity contribution in [3.05, 3.63) is 59.1 Å². The molecular formula is C22H23ClN4O2S. The molecule has 1 aromatic heterocycles. The Labute approximate surface area is 184 Å². The summed E-state index contributed by atoms with van der Waals surface area (Å²) in [4.78, 5) is 15.0. The van der Waals surface area contributed by atoms with Gasteiger partial charge in [-0.25, -0.2) is 0 Å². The lowest BCUT2D eigenvalue weighted by atomic mass is 9.95. The number of piperidine rings is 1. The zero-order valence-corrected chi connectivity index (χ0v) is 18.2. The number of carbonyl (C=O) groups excluding carboxylic acids is 1. The molecule has 0 bridgehead atoms. The summed E-state index contributed by atoms with van der Waals surface area (Å²) in [6.45, 7) is 2.56. The van der Waals surface area contributed by atoms with Crippen LogP contribution in [-0.2, 0) is 11.3 Å². The molecule has 1 aliphatic heterocycles. The van der Waals surface area contributed by atoms with Gasteiger partial charge < -0.3 is 10.1 Å². The molecule has 2 aromatic carbocycles. The fourth-order valence-corrected chi connectivity index (χ4v) is 4.50. The highest BCUT2D eigenvalue weighted by molar-refractivity contribution is 7.18. The van der Waals surface area contributed by atoms with E-state index in [2.05, 4.69) is 26.5 Å². The Morgan fingerprint density at radius 1 is 1.17 bits per heavy atom. The van der Waals surface area contributed by atoms with Crippen LogP contribution in [0.3, 0.4) is 0 Å². The van der Waals surface area contributed by atoms with Gasteiger partial charge in [0.2, 0.25) is 11.0 Å². The average Bonchev–Trinajstić information content (AvgIpc) is 3.24. The van der Waals surface area contributed by atoms with Gasteiger partial charge in [0, 0.05) is 23.0 Å². The normalized spacial score (nSPS) is 15.1. The van der Waals surface area contributed by atoms with E-state index in [1.54, 1.807) is 7.11 Å². The minimum atomic E-state index is -0.0131. The lowest BCUT2D eigenvalue weighted by Crippen LogP contribution is -2.37. The number of likely N-dealkylation sites (tertiary alicyclic amines) is 1.